The molecule has 1 N–H and O–H groups in total. The van der Waals surface area contributed by atoms with Crippen LogP contribution >= 0.6 is 0 Å². The Morgan fingerprint density at radius 2 is 2.22 bits per heavy atom. The van der Waals surface area contributed by atoms with Crippen molar-refractivity contribution in [3.63, 3.8) is 0 Å². The van der Waals surface area contributed by atoms with Gasteiger partial charge >= 0.3 is 0 Å². The molecule has 1 atom stereocenters. The van der Waals surface area contributed by atoms with Gasteiger partial charge in [0.2, 0.25) is 0 Å². The summed E-state index contributed by atoms with van der Waals surface area (Å²) in [5, 5.41) is 12.2. The standard InChI is InChI=1S/C13H16N4O/c18-13-11-6-1-2-7-12(11)15-16-17(13)9-10-5-3-4-8-14-10/h1-2,6-7,10,14H,3-5,8-9H2. The number of aromatic nitrogens is 3. The molecule has 1 unspecified atom stereocenters. The number of nitrogens with zero attached hydrogens (tertiary/aromatic N) is 3. The Morgan fingerprint density at radius 1 is 1.33 bits per heavy atom. The molecule has 2 aromatic rings. The first-order valence-corrected chi connectivity index (χ1v) is 6.40. The van der Waals surface area contributed by atoms with Crippen LogP contribution in [0.3, 0.4) is 0 Å². The minimum Gasteiger partial charge on any atom is -0.312 e. The molecule has 5 heteroatoms. The molecule has 0 aliphatic carbocycles. The van der Waals surface area contributed by atoms with Crippen molar-refractivity contribution in [1.29, 1.82) is 0 Å². The van der Waals surface area contributed by atoms with E-state index in [4.69, 9.17) is 0 Å². The predicted molar refractivity (Wildman–Crippen MR) is 69.4 cm³/mol. The van der Waals surface area contributed by atoms with E-state index in [1.165, 1.54) is 17.5 Å². The molecule has 18 heavy (non-hydrogen) atoms. The molecule has 0 saturated carbocycles. The summed E-state index contributed by atoms with van der Waals surface area (Å²) in [5.41, 5.74) is 0.614. The zero-order valence-electron chi connectivity index (χ0n) is 10.2. The zero-order chi connectivity index (χ0) is 12.4. The monoisotopic (exact) mass is 244 g/mol. The Labute approximate surface area is 105 Å². The van der Waals surface area contributed by atoms with Crippen molar-refractivity contribution >= 4 is 10.9 Å². The third kappa shape index (κ3) is 2.13. The molecule has 2 heterocycles. The van der Waals surface area contributed by atoms with Crippen LogP contribution in [0.5, 0.6) is 0 Å². The summed E-state index contributed by atoms with van der Waals surface area (Å²) in [5.74, 6) is 0. The van der Waals surface area contributed by atoms with Crippen molar-refractivity contribution in [3.05, 3.63) is 34.6 Å². The molecule has 0 radical (unpaired) electrons. The lowest BCUT2D eigenvalue weighted by Crippen LogP contribution is -2.40. The van der Waals surface area contributed by atoms with Crippen LogP contribution < -0.4 is 10.9 Å². The molecular formula is C13H16N4O. The average molecular weight is 244 g/mol. The van der Waals surface area contributed by atoms with E-state index in [1.807, 2.05) is 18.2 Å². The number of rotatable bonds is 2. The van der Waals surface area contributed by atoms with Gasteiger partial charge in [0.05, 0.1) is 11.9 Å². The van der Waals surface area contributed by atoms with Crippen LogP contribution in [0.1, 0.15) is 19.3 Å². The number of piperidine rings is 1. The number of hydrogen-bond donors (Lipinski definition) is 1. The van der Waals surface area contributed by atoms with Gasteiger partial charge in [-0.2, -0.15) is 0 Å². The lowest BCUT2D eigenvalue weighted by molar-refractivity contribution is 0.341. The van der Waals surface area contributed by atoms with E-state index < -0.39 is 0 Å². The Hall–Kier alpha value is -1.75. The maximum Gasteiger partial charge on any atom is 0.277 e. The van der Waals surface area contributed by atoms with E-state index in [0.717, 1.165) is 13.0 Å². The van der Waals surface area contributed by atoms with Crippen molar-refractivity contribution in [1.82, 2.24) is 20.3 Å². The van der Waals surface area contributed by atoms with Crippen LogP contribution in [-0.4, -0.2) is 27.6 Å². The van der Waals surface area contributed by atoms with Gasteiger partial charge in [0.1, 0.15) is 5.52 Å². The predicted octanol–water partition coefficient (Wildman–Crippen LogP) is 0.934. The second-order valence-corrected chi connectivity index (χ2v) is 4.74. The van der Waals surface area contributed by atoms with Crippen LogP contribution in [0.4, 0.5) is 0 Å². The quantitative estimate of drug-likeness (QED) is 0.854. The number of benzene rings is 1. The van der Waals surface area contributed by atoms with Crippen molar-refractivity contribution in [3.8, 4) is 0 Å². The van der Waals surface area contributed by atoms with Gasteiger partial charge in [0.15, 0.2) is 0 Å². The minimum atomic E-state index is -0.0482. The Kier molecular flexibility index (Phi) is 3.06. The first kappa shape index (κ1) is 11.3. The van der Waals surface area contributed by atoms with E-state index in [9.17, 15) is 4.79 Å². The van der Waals surface area contributed by atoms with Crippen LogP contribution in [0, 0.1) is 0 Å². The van der Waals surface area contributed by atoms with Gasteiger partial charge in [0.25, 0.3) is 5.56 Å². The molecule has 1 aromatic heterocycles. The smallest absolute Gasteiger partial charge is 0.277 e. The van der Waals surface area contributed by atoms with Crippen LogP contribution in [0.2, 0.25) is 0 Å². The van der Waals surface area contributed by atoms with E-state index in [1.54, 1.807) is 6.07 Å². The summed E-state index contributed by atoms with van der Waals surface area (Å²) in [7, 11) is 0. The fourth-order valence-electron chi connectivity index (χ4n) is 2.43. The first-order valence-electron chi connectivity index (χ1n) is 6.40. The molecule has 1 fully saturated rings. The third-order valence-electron chi connectivity index (χ3n) is 3.44. The molecule has 0 bridgehead atoms. The summed E-state index contributed by atoms with van der Waals surface area (Å²) in [6, 6.07) is 7.68. The molecular weight excluding hydrogens is 228 g/mol. The highest BCUT2D eigenvalue weighted by molar-refractivity contribution is 5.76. The topological polar surface area (TPSA) is 59.8 Å². The van der Waals surface area contributed by atoms with Crippen molar-refractivity contribution in [2.75, 3.05) is 6.54 Å². The van der Waals surface area contributed by atoms with E-state index in [-0.39, 0.29) is 5.56 Å². The number of hydrogen-bond acceptors (Lipinski definition) is 4. The fourth-order valence-corrected chi connectivity index (χ4v) is 2.43. The van der Waals surface area contributed by atoms with Crippen LogP contribution in [0.25, 0.3) is 10.9 Å². The van der Waals surface area contributed by atoms with Crippen molar-refractivity contribution in [2.24, 2.45) is 0 Å². The highest BCUT2D eigenvalue weighted by Crippen LogP contribution is 2.08. The van der Waals surface area contributed by atoms with Crippen molar-refractivity contribution < 1.29 is 0 Å². The van der Waals surface area contributed by atoms with Crippen LogP contribution in [-0.2, 0) is 6.54 Å². The second-order valence-electron chi connectivity index (χ2n) is 4.74. The minimum absolute atomic E-state index is 0.0482. The summed E-state index contributed by atoms with van der Waals surface area (Å²) < 4.78 is 1.48. The molecule has 1 saturated heterocycles. The van der Waals surface area contributed by atoms with Gasteiger partial charge in [-0.25, -0.2) is 4.68 Å². The largest absolute Gasteiger partial charge is 0.312 e. The molecule has 0 amide bonds. The molecule has 0 spiro atoms. The molecule has 1 aromatic carbocycles. The highest BCUT2D eigenvalue weighted by atomic mass is 16.1. The molecule has 1 aliphatic rings. The van der Waals surface area contributed by atoms with Gasteiger partial charge in [-0.1, -0.05) is 23.8 Å². The SMILES string of the molecule is O=c1c2ccccc2nnn1CC1CCCCN1. The summed E-state index contributed by atoms with van der Waals surface area (Å²) in [4.78, 5) is 12.2. The lowest BCUT2D eigenvalue weighted by atomic mass is 10.1. The maximum absolute atomic E-state index is 12.2. The van der Waals surface area contributed by atoms with Crippen LogP contribution in [0.15, 0.2) is 29.1 Å². The van der Waals surface area contributed by atoms with Gasteiger partial charge < -0.3 is 5.32 Å². The van der Waals surface area contributed by atoms with Crippen molar-refractivity contribution in [2.45, 2.75) is 31.8 Å². The van der Waals surface area contributed by atoms with Gasteiger partial charge in [-0.05, 0) is 31.5 Å². The zero-order valence-corrected chi connectivity index (χ0v) is 10.2. The van der Waals surface area contributed by atoms with E-state index in [2.05, 4.69) is 15.6 Å². The average Bonchev–Trinajstić information content (AvgIpc) is 2.43. The molecule has 5 nitrogen and oxygen atoms in total. The highest BCUT2D eigenvalue weighted by Gasteiger charge is 2.15. The normalized spacial score (nSPS) is 20.1. The Morgan fingerprint density at radius 3 is 3.06 bits per heavy atom. The van der Waals surface area contributed by atoms with Gasteiger partial charge in [-0.3, -0.25) is 4.79 Å². The van der Waals surface area contributed by atoms with Gasteiger partial charge in [-0.15, -0.1) is 5.10 Å². The molecule has 1 aliphatic heterocycles. The second kappa shape index (κ2) is 4.86. The lowest BCUT2D eigenvalue weighted by Gasteiger charge is -2.23. The fraction of sp³-hybridized carbons (Fsp3) is 0.462. The van der Waals surface area contributed by atoms with E-state index in [0.29, 0.717) is 23.5 Å². The molecule has 3 rings (SSSR count). The number of nitrogens with one attached hydrogen (secondary N) is 1. The Bertz CT molecular complexity index is 601. The third-order valence-corrected chi connectivity index (χ3v) is 3.44. The summed E-state index contributed by atoms with van der Waals surface area (Å²) in [6.07, 6.45) is 3.53. The first-order chi connectivity index (χ1) is 8.84. The summed E-state index contributed by atoms with van der Waals surface area (Å²) in [6.45, 7) is 1.64. The number of fused-ring (bicyclic) bond motifs is 1. The van der Waals surface area contributed by atoms with E-state index >= 15 is 0 Å². The Balaban J connectivity index is 1.92. The summed E-state index contributed by atoms with van der Waals surface area (Å²) >= 11 is 0. The maximum atomic E-state index is 12.2. The molecule has 94 valence electrons. The van der Waals surface area contributed by atoms with Gasteiger partial charge in [0, 0.05) is 6.04 Å².